The van der Waals surface area contributed by atoms with Crippen molar-refractivity contribution < 1.29 is 0 Å². The minimum atomic E-state index is 0.337. The molecule has 9 heavy (non-hydrogen) atoms. The van der Waals surface area contributed by atoms with Gasteiger partial charge in [-0.1, -0.05) is 32.1 Å². The van der Waals surface area contributed by atoms with E-state index < -0.39 is 0 Å². The van der Waals surface area contributed by atoms with Crippen LogP contribution >= 0.6 is 0 Å². The van der Waals surface area contributed by atoms with Gasteiger partial charge < -0.3 is 0 Å². The largest absolute Gasteiger partial charge is 0.0950 e. The van der Waals surface area contributed by atoms with E-state index in [-0.39, 0.29) is 0 Å². The Hall–Kier alpha value is -0.520. The second-order valence-electron chi connectivity index (χ2n) is 3.45. The molecule has 0 aliphatic heterocycles. The third-order valence-corrected chi connectivity index (χ3v) is 2.21. The highest BCUT2D eigenvalue weighted by Crippen LogP contribution is 2.39. The Balaban J connectivity index is 2.86. The van der Waals surface area contributed by atoms with E-state index in [1.165, 1.54) is 11.1 Å². The summed E-state index contributed by atoms with van der Waals surface area (Å²) in [5, 5.41) is 0. The molecule has 0 aromatic rings. The summed E-state index contributed by atoms with van der Waals surface area (Å²) in [6, 6.07) is 0. The van der Waals surface area contributed by atoms with Gasteiger partial charge in [0.15, 0.2) is 0 Å². The summed E-state index contributed by atoms with van der Waals surface area (Å²) >= 11 is 0. The van der Waals surface area contributed by atoms with Crippen LogP contribution in [0.1, 0.15) is 27.2 Å². The van der Waals surface area contributed by atoms with Crippen LogP contribution in [-0.2, 0) is 0 Å². The molecule has 50 valence electrons. The summed E-state index contributed by atoms with van der Waals surface area (Å²) in [5.41, 5.74) is 3.02. The Bertz CT molecular complexity index is 170. The van der Waals surface area contributed by atoms with Crippen LogP contribution in [0, 0.1) is 5.41 Å². The predicted octanol–water partition coefficient (Wildman–Crippen LogP) is 2.92. The van der Waals surface area contributed by atoms with Crippen molar-refractivity contribution in [3.8, 4) is 0 Å². The fourth-order valence-corrected chi connectivity index (χ4v) is 1.19. The topological polar surface area (TPSA) is 0 Å². The van der Waals surface area contributed by atoms with E-state index in [0.29, 0.717) is 5.41 Å². The first-order valence-electron chi connectivity index (χ1n) is 3.40. The maximum Gasteiger partial charge on any atom is -0.00722 e. The van der Waals surface area contributed by atoms with Gasteiger partial charge in [0.2, 0.25) is 0 Å². The Morgan fingerprint density at radius 2 is 2.11 bits per heavy atom. The summed E-state index contributed by atoms with van der Waals surface area (Å²) in [7, 11) is 0. The third-order valence-electron chi connectivity index (χ3n) is 2.21. The summed E-state index contributed by atoms with van der Waals surface area (Å²) in [5.74, 6) is 0. The molecule has 1 aliphatic carbocycles. The third kappa shape index (κ3) is 0.937. The van der Waals surface area contributed by atoms with Gasteiger partial charge in [-0.05, 0) is 24.3 Å². The number of hydrogen-bond donors (Lipinski definition) is 0. The molecule has 0 spiro atoms. The fraction of sp³-hybridized carbons (Fsp3) is 0.556. The average molecular weight is 122 g/mol. The van der Waals surface area contributed by atoms with E-state index >= 15 is 0 Å². The Morgan fingerprint density at radius 3 is 2.22 bits per heavy atom. The lowest BCUT2D eigenvalue weighted by Crippen LogP contribution is -2.07. The van der Waals surface area contributed by atoms with Crippen LogP contribution in [0.15, 0.2) is 23.8 Å². The minimum Gasteiger partial charge on any atom is -0.0950 e. The average Bonchev–Trinajstić information content (AvgIpc) is 1.97. The van der Waals surface area contributed by atoms with Crippen molar-refractivity contribution in [2.75, 3.05) is 0 Å². The Labute approximate surface area is 57.3 Å². The summed E-state index contributed by atoms with van der Waals surface area (Å²) < 4.78 is 0. The van der Waals surface area contributed by atoms with Crippen LogP contribution in [0.25, 0.3) is 0 Å². The molecule has 0 atom stereocenters. The van der Waals surface area contributed by atoms with Crippen molar-refractivity contribution in [2.45, 2.75) is 27.2 Å². The molecule has 0 aromatic carbocycles. The van der Waals surface area contributed by atoms with Crippen molar-refractivity contribution in [3.63, 3.8) is 0 Å². The van der Waals surface area contributed by atoms with Gasteiger partial charge in [-0.25, -0.2) is 0 Å². The van der Waals surface area contributed by atoms with Crippen molar-refractivity contribution in [1.29, 1.82) is 0 Å². The quantitative estimate of drug-likeness (QED) is 0.463. The lowest BCUT2D eigenvalue weighted by Gasteiger charge is -2.19. The van der Waals surface area contributed by atoms with E-state index in [1.54, 1.807) is 0 Å². The molecule has 0 unspecified atom stereocenters. The van der Waals surface area contributed by atoms with Crippen molar-refractivity contribution >= 4 is 0 Å². The highest BCUT2D eigenvalue weighted by Gasteiger charge is 2.25. The zero-order chi connectivity index (χ0) is 7.07. The zero-order valence-corrected chi connectivity index (χ0v) is 6.49. The first kappa shape index (κ1) is 6.60. The van der Waals surface area contributed by atoms with Crippen molar-refractivity contribution in [3.05, 3.63) is 23.8 Å². The molecule has 0 saturated heterocycles. The van der Waals surface area contributed by atoms with Gasteiger partial charge >= 0.3 is 0 Å². The minimum absolute atomic E-state index is 0.337. The van der Waals surface area contributed by atoms with E-state index in [0.717, 1.165) is 6.42 Å². The fourth-order valence-electron chi connectivity index (χ4n) is 1.19. The van der Waals surface area contributed by atoms with Gasteiger partial charge in [-0.2, -0.15) is 0 Å². The maximum absolute atomic E-state index is 4.02. The number of allylic oxidation sites excluding steroid dienone is 3. The van der Waals surface area contributed by atoms with Crippen LogP contribution in [0.2, 0.25) is 0 Å². The summed E-state index contributed by atoms with van der Waals surface area (Å²) in [6.07, 6.45) is 3.43. The molecule has 0 bridgehead atoms. The molecular weight excluding hydrogens is 108 g/mol. The number of hydrogen-bond acceptors (Lipinski definition) is 0. The molecular formula is C9H14. The van der Waals surface area contributed by atoms with Gasteiger partial charge in [0, 0.05) is 0 Å². The molecule has 0 saturated carbocycles. The summed E-state index contributed by atoms with van der Waals surface area (Å²) in [4.78, 5) is 0. The van der Waals surface area contributed by atoms with E-state index in [2.05, 4.69) is 33.4 Å². The molecule has 1 rings (SSSR count). The van der Waals surface area contributed by atoms with Crippen LogP contribution in [0.4, 0.5) is 0 Å². The van der Waals surface area contributed by atoms with Gasteiger partial charge in [0.05, 0.1) is 0 Å². The monoisotopic (exact) mass is 122 g/mol. The smallest absolute Gasteiger partial charge is 0.00722 e. The first-order valence-corrected chi connectivity index (χ1v) is 3.40. The highest BCUT2D eigenvalue weighted by molar-refractivity contribution is 5.37. The molecule has 1 aliphatic rings. The standard InChI is InChI=1S/C9H14/c1-7-5-6-9(3,4)8(7)2/h5H,2,6H2,1,3-4H3. The normalized spacial score (nSPS) is 24.3. The zero-order valence-electron chi connectivity index (χ0n) is 6.49. The molecule has 0 aromatic heterocycles. The van der Waals surface area contributed by atoms with Crippen molar-refractivity contribution in [1.82, 2.24) is 0 Å². The molecule has 0 fully saturated rings. The SMILES string of the molecule is C=C1C(C)=CCC1(C)C. The highest BCUT2D eigenvalue weighted by atomic mass is 14.3. The first-order chi connectivity index (χ1) is 4.04. The molecule has 0 radical (unpaired) electrons. The predicted molar refractivity (Wildman–Crippen MR) is 41.3 cm³/mol. The second kappa shape index (κ2) is 1.73. The molecule has 0 amide bonds. The van der Waals surface area contributed by atoms with Crippen LogP contribution < -0.4 is 0 Å². The molecule has 0 nitrogen and oxygen atoms in total. The molecule has 0 N–H and O–H groups in total. The second-order valence-corrected chi connectivity index (χ2v) is 3.45. The van der Waals surface area contributed by atoms with Crippen LogP contribution in [-0.4, -0.2) is 0 Å². The summed E-state index contributed by atoms with van der Waals surface area (Å²) in [6.45, 7) is 10.6. The van der Waals surface area contributed by atoms with Crippen molar-refractivity contribution in [2.24, 2.45) is 5.41 Å². The van der Waals surface area contributed by atoms with Crippen LogP contribution in [0.5, 0.6) is 0 Å². The lowest BCUT2D eigenvalue weighted by molar-refractivity contribution is 0.483. The Morgan fingerprint density at radius 1 is 1.56 bits per heavy atom. The van der Waals surface area contributed by atoms with E-state index in [1.807, 2.05) is 0 Å². The molecule has 0 heteroatoms. The van der Waals surface area contributed by atoms with Gasteiger partial charge in [0.1, 0.15) is 0 Å². The lowest BCUT2D eigenvalue weighted by atomic mass is 9.85. The van der Waals surface area contributed by atoms with E-state index in [4.69, 9.17) is 0 Å². The molecule has 0 heterocycles. The van der Waals surface area contributed by atoms with Gasteiger partial charge in [-0.15, -0.1) is 0 Å². The maximum atomic E-state index is 4.02. The van der Waals surface area contributed by atoms with E-state index in [9.17, 15) is 0 Å². The van der Waals surface area contributed by atoms with Crippen LogP contribution in [0.3, 0.4) is 0 Å². The Kier molecular flexibility index (Phi) is 1.27. The van der Waals surface area contributed by atoms with Gasteiger partial charge in [-0.3, -0.25) is 0 Å². The number of rotatable bonds is 0. The van der Waals surface area contributed by atoms with Gasteiger partial charge in [0.25, 0.3) is 0 Å².